The van der Waals surface area contributed by atoms with E-state index in [1.807, 2.05) is 0 Å². The molecule has 284 valence electrons. The van der Waals surface area contributed by atoms with Gasteiger partial charge in [-0.2, -0.15) is 0 Å². The van der Waals surface area contributed by atoms with Gasteiger partial charge >= 0.3 is 0 Å². The van der Waals surface area contributed by atoms with E-state index in [1.165, 1.54) is 93.7 Å². The minimum absolute atomic E-state index is 0.669. The lowest BCUT2D eigenvalue weighted by atomic mass is 9.67. The number of aromatic nitrogens is 3. The molecule has 0 N–H and O–H groups in total. The van der Waals surface area contributed by atoms with Gasteiger partial charge in [0.25, 0.3) is 0 Å². The molecule has 15 rings (SSSR count). The van der Waals surface area contributed by atoms with Gasteiger partial charge in [-0.1, -0.05) is 54.6 Å². The maximum absolute atomic E-state index is 6.87. The second-order valence-corrected chi connectivity index (χ2v) is 18.3. The molecule has 3 fully saturated rings. The second-order valence-electron chi connectivity index (χ2n) is 18.3. The van der Waals surface area contributed by atoms with Crippen molar-refractivity contribution in [2.45, 2.75) is 118 Å². The molecule has 0 radical (unpaired) electrons. The minimum atomic E-state index is -1.16. The standard InChI is InChI=1S/C53H51N3O/c1-57-53(50-8-2-5-47(54-50)38-23-26-41-32-11-17-35(18-12-32)44(41)29-38,51-9-3-6-48(55-51)39-24-27-42-33-13-19-36(20-14-33)45(42)30-39)52-10-4-7-49(56-52)40-25-28-43-34-15-21-37(22-16-34)46(43)31-40/h2-10,23-37H,11-22H2,1H3. The van der Waals surface area contributed by atoms with Crippen LogP contribution in [-0.4, -0.2) is 22.1 Å². The van der Waals surface area contributed by atoms with Crippen molar-refractivity contribution in [2.75, 3.05) is 7.11 Å². The quantitative estimate of drug-likeness (QED) is 0.163. The largest absolute Gasteiger partial charge is 0.359 e. The molecule has 3 heterocycles. The minimum Gasteiger partial charge on any atom is -0.359 e. The van der Waals surface area contributed by atoms with Crippen LogP contribution in [0, 0.1) is 0 Å². The van der Waals surface area contributed by atoms with Gasteiger partial charge in [-0.25, -0.2) is 15.0 Å². The van der Waals surface area contributed by atoms with Crippen LogP contribution in [-0.2, 0) is 10.3 Å². The molecule has 4 heteroatoms. The molecule has 0 unspecified atom stereocenters. The first-order valence-electron chi connectivity index (χ1n) is 22.0. The Balaban J connectivity index is 1.00. The third kappa shape index (κ3) is 5.39. The fourth-order valence-corrected chi connectivity index (χ4v) is 12.6. The number of ether oxygens (including phenoxy) is 1. The van der Waals surface area contributed by atoms with Crippen LogP contribution in [0.2, 0.25) is 0 Å². The van der Waals surface area contributed by atoms with Gasteiger partial charge in [-0.3, -0.25) is 0 Å². The van der Waals surface area contributed by atoms with Crippen LogP contribution >= 0.6 is 0 Å². The Hall–Kier alpha value is -4.93. The molecule has 9 aliphatic carbocycles. The summed E-state index contributed by atoms with van der Waals surface area (Å²) in [5, 5.41) is 0. The molecule has 6 bridgehead atoms. The Labute approximate surface area is 337 Å². The lowest BCUT2D eigenvalue weighted by Crippen LogP contribution is -2.35. The molecule has 0 amide bonds. The van der Waals surface area contributed by atoms with Crippen molar-refractivity contribution in [2.24, 2.45) is 0 Å². The van der Waals surface area contributed by atoms with Gasteiger partial charge in [-0.15, -0.1) is 0 Å². The van der Waals surface area contributed by atoms with E-state index in [9.17, 15) is 0 Å². The summed E-state index contributed by atoms with van der Waals surface area (Å²) in [6, 6.07) is 40.6. The van der Waals surface area contributed by atoms with Crippen LogP contribution < -0.4 is 0 Å². The number of fused-ring (bicyclic) bond motifs is 6. The fourth-order valence-electron chi connectivity index (χ4n) is 12.6. The highest BCUT2D eigenvalue weighted by atomic mass is 16.5. The molecule has 0 saturated heterocycles. The number of methoxy groups -OCH3 is 1. The van der Waals surface area contributed by atoms with Crippen molar-refractivity contribution in [1.29, 1.82) is 0 Å². The van der Waals surface area contributed by atoms with Crippen LogP contribution in [0.5, 0.6) is 0 Å². The summed E-state index contributed by atoms with van der Waals surface area (Å²) < 4.78 is 6.87. The summed E-state index contributed by atoms with van der Waals surface area (Å²) in [6.07, 6.45) is 15.8. The lowest BCUT2D eigenvalue weighted by molar-refractivity contribution is 0.0477. The van der Waals surface area contributed by atoms with Crippen molar-refractivity contribution >= 4 is 0 Å². The van der Waals surface area contributed by atoms with Gasteiger partial charge in [0.15, 0.2) is 5.60 Å². The van der Waals surface area contributed by atoms with Gasteiger partial charge < -0.3 is 4.74 Å². The topological polar surface area (TPSA) is 47.9 Å². The second kappa shape index (κ2) is 13.3. The number of hydrogen-bond acceptors (Lipinski definition) is 4. The number of hydrogen-bond donors (Lipinski definition) is 0. The van der Waals surface area contributed by atoms with Crippen LogP contribution in [0.15, 0.2) is 109 Å². The van der Waals surface area contributed by atoms with Gasteiger partial charge in [-0.05, 0) is 201 Å². The first kappa shape index (κ1) is 34.1. The predicted octanol–water partition coefficient (Wildman–Crippen LogP) is 13.1. The zero-order valence-corrected chi connectivity index (χ0v) is 33.1. The molecule has 4 nitrogen and oxygen atoms in total. The first-order chi connectivity index (χ1) is 28.1. The van der Waals surface area contributed by atoms with Gasteiger partial charge in [0.05, 0.1) is 34.2 Å². The van der Waals surface area contributed by atoms with Gasteiger partial charge in [0.1, 0.15) is 0 Å². The molecular weight excluding hydrogens is 695 g/mol. The van der Waals surface area contributed by atoms with E-state index in [0.29, 0.717) is 35.5 Å². The fraction of sp³-hybridized carbons (Fsp3) is 0.377. The average molecular weight is 746 g/mol. The first-order valence-corrected chi connectivity index (χ1v) is 22.0. The summed E-state index contributed by atoms with van der Waals surface area (Å²) in [5.74, 6) is 4.15. The maximum atomic E-state index is 6.87. The van der Waals surface area contributed by atoms with E-state index >= 15 is 0 Å². The molecule has 3 aromatic heterocycles. The highest BCUT2D eigenvalue weighted by Crippen LogP contribution is 2.53. The predicted molar refractivity (Wildman–Crippen MR) is 228 cm³/mol. The summed E-state index contributed by atoms with van der Waals surface area (Å²) in [5.41, 5.74) is 16.9. The van der Waals surface area contributed by atoms with E-state index in [4.69, 9.17) is 19.7 Å². The van der Waals surface area contributed by atoms with Crippen molar-refractivity contribution < 1.29 is 4.74 Å². The maximum Gasteiger partial charge on any atom is 0.193 e. The molecule has 0 aliphatic heterocycles. The smallest absolute Gasteiger partial charge is 0.193 e. The molecule has 6 aromatic rings. The van der Waals surface area contributed by atoms with Crippen LogP contribution in [0.25, 0.3) is 33.8 Å². The number of benzene rings is 3. The summed E-state index contributed by atoms with van der Waals surface area (Å²) in [4.78, 5) is 16.6. The molecule has 57 heavy (non-hydrogen) atoms. The molecule has 0 atom stereocenters. The number of pyridine rings is 3. The van der Waals surface area contributed by atoms with Crippen molar-refractivity contribution in [1.82, 2.24) is 15.0 Å². The average Bonchev–Trinajstić information content (AvgIpc) is 3.31. The summed E-state index contributed by atoms with van der Waals surface area (Å²) in [7, 11) is 1.80. The highest BCUT2D eigenvalue weighted by molar-refractivity contribution is 5.67. The Morgan fingerprint density at radius 3 is 0.930 bits per heavy atom. The Bertz CT molecular complexity index is 2250. The number of nitrogens with zero attached hydrogens (tertiary/aromatic N) is 3. The monoisotopic (exact) mass is 745 g/mol. The molecular formula is C53H51N3O. The van der Waals surface area contributed by atoms with Crippen LogP contribution in [0.4, 0.5) is 0 Å². The SMILES string of the molecule is COC(c1cccc(-c2ccc3c(c2)C2CCC3CC2)n1)(c1cccc(-c2ccc3c(c2)C2CCC3CC2)n1)c1cccc(-c2ccc3c(c2)C2CCC3CC2)n1. The molecule has 3 saturated carbocycles. The molecule has 0 spiro atoms. The Morgan fingerprint density at radius 1 is 0.368 bits per heavy atom. The summed E-state index contributed by atoms with van der Waals surface area (Å²) in [6.45, 7) is 0. The van der Waals surface area contributed by atoms with Gasteiger partial charge in [0.2, 0.25) is 0 Å². The van der Waals surface area contributed by atoms with Gasteiger partial charge in [0, 0.05) is 23.8 Å². The zero-order chi connectivity index (χ0) is 37.7. The molecule has 3 aromatic carbocycles. The Kier molecular flexibility index (Phi) is 7.97. The molecule has 9 aliphatic rings. The van der Waals surface area contributed by atoms with Crippen molar-refractivity contribution in [3.63, 3.8) is 0 Å². The van der Waals surface area contributed by atoms with E-state index in [1.54, 1.807) is 40.5 Å². The van der Waals surface area contributed by atoms with Crippen molar-refractivity contribution in [3.05, 3.63) is 160 Å². The van der Waals surface area contributed by atoms with E-state index in [0.717, 1.165) is 34.2 Å². The van der Waals surface area contributed by atoms with Crippen LogP contribution in [0.1, 0.15) is 163 Å². The normalized spacial score (nSPS) is 26.1. The van der Waals surface area contributed by atoms with E-state index in [-0.39, 0.29) is 0 Å². The third-order valence-corrected chi connectivity index (χ3v) is 15.6. The third-order valence-electron chi connectivity index (χ3n) is 15.6. The highest BCUT2D eigenvalue weighted by Gasteiger charge is 2.43. The summed E-state index contributed by atoms with van der Waals surface area (Å²) >= 11 is 0. The number of rotatable bonds is 7. The van der Waals surface area contributed by atoms with E-state index in [2.05, 4.69) is 109 Å². The van der Waals surface area contributed by atoms with E-state index < -0.39 is 5.60 Å². The zero-order valence-electron chi connectivity index (χ0n) is 33.1. The van der Waals surface area contributed by atoms with Crippen LogP contribution in [0.3, 0.4) is 0 Å². The Morgan fingerprint density at radius 2 is 0.649 bits per heavy atom. The lowest BCUT2D eigenvalue weighted by Gasteiger charge is -2.38. The van der Waals surface area contributed by atoms with Crippen molar-refractivity contribution in [3.8, 4) is 33.8 Å².